The van der Waals surface area contributed by atoms with E-state index in [-0.39, 0.29) is 11.9 Å². The Morgan fingerprint density at radius 3 is 2.74 bits per heavy atom. The Kier molecular flexibility index (Phi) is 7.01. The second-order valence-corrected chi connectivity index (χ2v) is 4.92. The van der Waals surface area contributed by atoms with Crippen molar-refractivity contribution in [2.45, 2.75) is 52.5 Å². The second-order valence-electron chi connectivity index (χ2n) is 4.92. The molecule has 0 saturated carbocycles. The number of rotatable bonds is 8. The number of nitrogens with one attached hydrogen (secondary N) is 2. The van der Waals surface area contributed by atoms with Crippen LogP contribution in [0.5, 0.6) is 0 Å². The molecule has 0 heterocycles. The maximum atomic E-state index is 11.9. The lowest BCUT2D eigenvalue weighted by Crippen LogP contribution is -2.38. The quantitative estimate of drug-likeness (QED) is 0.705. The molecule has 0 spiro atoms. The maximum Gasteiger partial charge on any atom is 0.242 e. The molecule has 0 aliphatic carbocycles. The first-order valence-electron chi connectivity index (χ1n) is 7.30. The van der Waals surface area contributed by atoms with Crippen LogP contribution in [0.15, 0.2) is 24.3 Å². The number of amides is 1. The monoisotopic (exact) mass is 262 g/mol. The first-order valence-corrected chi connectivity index (χ1v) is 7.30. The first kappa shape index (κ1) is 15.5. The fourth-order valence-electron chi connectivity index (χ4n) is 1.94. The van der Waals surface area contributed by atoms with Gasteiger partial charge in [0, 0.05) is 12.2 Å². The van der Waals surface area contributed by atoms with Crippen LogP contribution in [0.4, 0.5) is 5.69 Å². The van der Waals surface area contributed by atoms with Gasteiger partial charge in [0.2, 0.25) is 5.91 Å². The zero-order chi connectivity index (χ0) is 14.1. The summed E-state index contributed by atoms with van der Waals surface area (Å²) in [4.78, 5) is 11.9. The van der Waals surface area contributed by atoms with Crippen molar-refractivity contribution < 1.29 is 4.79 Å². The minimum Gasteiger partial charge on any atom is -0.374 e. The summed E-state index contributed by atoms with van der Waals surface area (Å²) in [6.07, 6.45) is 4.40. The van der Waals surface area contributed by atoms with Crippen LogP contribution in [0.2, 0.25) is 0 Å². The summed E-state index contributed by atoms with van der Waals surface area (Å²) in [5.41, 5.74) is 2.29. The van der Waals surface area contributed by atoms with Crippen LogP contribution in [0, 0.1) is 0 Å². The first-order chi connectivity index (χ1) is 9.17. The normalized spacial score (nSPS) is 11.9. The third kappa shape index (κ3) is 5.77. The Morgan fingerprint density at radius 1 is 1.26 bits per heavy atom. The third-order valence-electron chi connectivity index (χ3n) is 3.19. The maximum absolute atomic E-state index is 11.9. The number of benzene rings is 1. The zero-order valence-corrected chi connectivity index (χ0v) is 12.3. The Bertz CT molecular complexity index is 390. The van der Waals surface area contributed by atoms with Crippen LogP contribution in [0.25, 0.3) is 0 Å². The molecule has 0 aromatic heterocycles. The van der Waals surface area contributed by atoms with E-state index in [4.69, 9.17) is 0 Å². The lowest BCUT2D eigenvalue weighted by molar-refractivity contribution is -0.121. The summed E-state index contributed by atoms with van der Waals surface area (Å²) in [7, 11) is 0. The van der Waals surface area contributed by atoms with Crippen LogP contribution >= 0.6 is 0 Å². The average molecular weight is 262 g/mol. The number of carbonyl (C=O) groups is 1. The highest BCUT2D eigenvalue weighted by molar-refractivity contribution is 5.84. The van der Waals surface area contributed by atoms with Crippen molar-refractivity contribution in [3.05, 3.63) is 29.8 Å². The molecule has 1 aromatic rings. The molecule has 0 aliphatic rings. The number of hydrogen-bond acceptors (Lipinski definition) is 2. The molecular formula is C16H26N2O. The molecule has 0 fully saturated rings. The molecule has 1 aromatic carbocycles. The predicted octanol–water partition coefficient (Wildman–Crippen LogP) is 3.36. The highest BCUT2D eigenvalue weighted by Crippen LogP contribution is 2.12. The van der Waals surface area contributed by atoms with Crippen LogP contribution in [-0.2, 0) is 11.2 Å². The van der Waals surface area contributed by atoms with Crippen molar-refractivity contribution in [2.75, 3.05) is 11.9 Å². The lowest BCUT2D eigenvalue weighted by Gasteiger charge is -2.15. The van der Waals surface area contributed by atoms with E-state index < -0.39 is 0 Å². The molecule has 1 amide bonds. The number of anilines is 1. The Morgan fingerprint density at radius 2 is 2.05 bits per heavy atom. The smallest absolute Gasteiger partial charge is 0.242 e. The van der Waals surface area contributed by atoms with Gasteiger partial charge in [-0.2, -0.15) is 0 Å². The molecule has 3 nitrogen and oxygen atoms in total. The molecule has 1 unspecified atom stereocenters. The zero-order valence-electron chi connectivity index (χ0n) is 12.3. The Balaban J connectivity index is 2.40. The summed E-state index contributed by atoms with van der Waals surface area (Å²) in [5.74, 6) is 0.0676. The summed E-state index contributed by atoms with van der Waals surface area (Å²) in [6.45, 7) is 6.96. The molecule has 3 heteroatoms. The SMILES string of the molecule is CCCCCNC(=O)C(C)Nc1cccc(CC)c1. The van der Waals surface area contributed by atoms with E-state index >= 15 is 0 Å². The van der Waals surface area contributed by atoms with Gasteiger partial charge < -0.3 is 10.6 Å². The van der Waals surface area contributed by atoms with Gasteiger partial charge >= 0.3 is 0 Å². The molecule has 1 rings (SSSR count). The standard InChI is InChI=1S/C16H26N2O/c1-4-6-7-11-17-16(19)13(3)18-15-10-8-9-14(5-2)12-15/h8-10,12-13,18H,4-7,11H2,1-3H3,(H,17,19). The summed E-state index contributed by atoms with van der Waals surface area (Å²) >= 11 is 0. The molecule has 19 heavy (non-hydrogen) atoms. The molecule has 2 N–H and O–H groups in total. The van der Waals surface area contributed by atoms with Crippen LogP contribution in [0.3, 0.4) is 0 Å². The van der Waals surface area contributed by atoms with Gasteiger partial charge in [0.05, 0.1) is 0 Å². The number of carbonyl (C=O) groups excluding carboxylic acids is 1. The van der Waals surface area contributed by atoms with Crippen molar-refractivity contribution in [1.82, 2.24) is 5.32 Å². The largest absolute Gasteiger partial charge is 0.374 e. The van der Waals surface area contributed by atoms with Crippen molar-refractivity contribution >= 4 is 11.6 Å². The van der Waals surface area contributed by atoms with Crippen molar-refractivity contribution in [3.63, 3.8) is 0 Å². The summed E-state index contributed by atoms with van der Waals surface area (Å²) in [6, 6.07) is 8.02. The van der Waals surface area contributed by atoms with Crippen molar-refractivity contribution in [1.29, 1.82) is 0 Å². The van der Waals surface area contributed by atoms with Crippen LogP contribution in [-0.4, -0.2) is 18.5 Å². The highest BCUT2D eigenvalue weighted by Gasteiger charge is 2.11. The van der Waals surface area contributed by atoms with Gasteiger partial charge in [0.25, 0.3) is 0 Å². The van der Waals surface area contributed by atoms with E-state index in [0.717, 1.165) is 25.1 Å². The van der Waals surface area contributed by atoms with E-state index in [2.05, 4.69) is 36.6 Å². The molecule has 0 bridgehead atoms. The fraction of sp³-hybridized carbons (Fsp3) is 0.562. The number of hydrogen-bond donors (Lipinski definition) is 2. The number of unbranched alkanes of at least 4 members (excludes halogenated alkanes) is 2. The van der Waals surface area contributed by atoms with E-state index in [1.54, 1.807) is 0 Å². The average Bonchev–Trinajstić information content (AvgIpc) is 2.43. The van der Waals surface area contributed by atoms with Gasteiger partial charge in [-0.3, -0.25) is 4.79 Å². The van der Waals surface area contributed by atoms with Gasteiger partial charge in [0.15, 0.2) is 0 Å². The topological polar surface area (TPSA) is 41.1 Å². The molecule has 0 saturated heterocycles. The Hall–Kier alpha value is -1.51. The van der Waals surface area contributed by atoms with E-state index in [0.29, 0.717) is 0 Å². The van der Waals surface area contributed by atoms with Gasteiger partial charge in [-0.05, 0) is 37.5 Å². The van der Waals surface area contributed by atoms with Crippen LogP contribution < -0.4 is 10.6 Å². The van der Waals surface area contributed by atoms with Gasteiger partial charge in [-0.1, -0.05) is 38.8 Å². The summed E-state index contributed by atoms with van der Waals surface area (Å²) in [5, 5.41) is 6.21. The predicted molar refractivity (Wildman–Crippen MR) is 81.4 cm³/mol. The molecule has 1 atom stereocenters. The molecule has 0 radical (unpaired) electrons. The molecule has 106 valence electrons. The minimum atomic E-state index is -0.200. The highest BCUT2D eigenvalue weighted by atomic mass is 16.2. The molecular weight excluding hydrogens is 236 g/mol. The van der Waals surface area contributed by atoms with E-state index in [1.807, 2.05) is 19.1 Å². The van der Waals surface area contributed by atoms with E-state index in [1.165, 1.54) is 18.4 Å². The number of aryl methyl sites for hydroxylation is 1. The third-order valence-corrected chi connectivity index (χ3v) is 3.19. The summed E-state index contributed by atoms with van der Waals surface area (Å²) < 4.78 is 0. The van der Waals surface area contributed by atoms with Gasteiger partial charge in [-0.25, -0.2) is 0 Å². The lowest BCUT2D eigenvalue weighted by atomic mass is 10.1. The Labute approximate surface area is 116 Å². The van der Waals surface area contributed by atoms with Gasteiger partial charge in [0.1, 0.15) is 6.04 Å². The minimum absolute atomic E-state index is 0.0676. The fourth-order valence-corrected chi connectivity index (χ4v) is 1.94. The van der Waals surface area contributed by atoms with Crippen molar-refractivity contribution in [2.24, 2.45) is 0 Å². The second kappa shape index (κ2) is 8.57. The molecule has 0 aliphatic heterocycles. The van der Waals surface area contributed by atoms with Gasteiger partial charge in [-0.15, -0.1) is 0 Å². The van der Waals surface area contributed by atoms with Crippen molar-refractivity contribution in [3.8, 4) is 0 Å². The van der Waals surface area contributed by atoms with E-state index in [9.17, 15) is 4.79 Å². The van der Waals surface area contributed by atoms with Crippen LogP contribution in [0.1, 0.15) is 45.6 Å².